The van der Waals surface area contributed by atoms with Crippen LogP contribution in [0.25, 0.3) is 0 Å². The Bertz CT molecular complexity index is 881. The van der Waals surface area contributed by atoms with Gasteiger partial charge in [0, 0.05) is 18.2 Å². The fraction of sp³-hybridized carbons (Fsp3) is 0.545. The molecule has 2 fully saturated rings. The first kappa shape index (κ1) is 19.1. The van der Waals surface area contributed by atoms with Crippen molar-refractivity contribution in [1.82, 2.24) is 4.90 Å². The molecule has 1 amide bonds. The van der Waals surface area contributed by atoms with Crippen molar-refractivity contribution in [3.05, 3.63) is 46.2 Å². The molecule has 1 saturated heterocycles. The molecule has 5 unspecified atom stereocenters. The van der Waals surface area contributed by atoms with E-state index in [0.717, 1.165) is 18.4 Å². The number of Topliss-reactive ketones (excluding diaryl/α,β-unsaturated/α-hetero) is 1. The van der Waals surface area contributed by atoms with E-state index in [1.807, 2.05) is 6.07 Å². The Labute approximate surface area is 173 Å². The number of halogens is 2. The molecule has 1 aromatic carbocycles. The zero-order chi connectivity index (χ0) is 20.1. The lowest BCUT2D eigenvalue weighted by Crippen LogP contribution is -2.42. The van der Waals surface area contributed by atoms with Crippen LogP contribution in [-0.4, -0.2) is 48.1 Å². The van der Waals surface area contributed by atoms with E-state index in [1.54, 1.807) is 23.1 Å². The Morgan fingerprint density at radius 1 is 1.21 bits per heavy atom. The van der Waals surface area contributed by atoms with Crippen molar-refractivity contribution >= 4 is 23.3 Å². The number of carbonyl (C=O) groups excluding carboxylic acids is 2. The molecule has 0 bridgehead atoms. The lowest BCUT2D eigenvalue weighted by Gasteiger charge is -2.36. The molecule has 7 heteroatoms. The summed E-state index contributed by atoms with van der Waals surface area (Å²) in [6, 6.07) is 6.62. The van der Waals surface area contributed by atoms with E-state index in [-0.39, 0.29) is 30.0 Å². The highest BCUT2D eigenvalue weighted by Gasteiger charge is 2.53. The molecule has 1 saturated carbocycles. The van der Waals surface area contributed by atoms with Gasteiger partial charge in [0.15, 0.2) is 11.5 Å². The molecule has 0 radical (unpaired) electrons. The van der Waals surface area contributed by atoms with E-state index < -0.39 is 24.2 Å². The number of carbonyl (C=O) groups is 2. The van der Waals surface area contributed by atoms with Crippen molar-refractivity contribution in [2.24, 2.45) is 5.92 Å². The molecular formula is C22H23ClFNO4. The third-order valence-corrected chi connectivity index (χ3v) is 6.70. The summed E-state index contributed by atoms with van der Waals surface area (Å²) < 4.78 is 25.8. The van der Waals surface area contributed by atoms with Gasteiger partial charge in [-0.2, -0.15) is 0 Å². The molecule has 1 aliphatic carbocycles. The minimum atomic E-state index is -1.00. The lowest BCUT2D eigenvalue weighted by molar-refractivity contribution is -0.137. The van der Waals surface area contributed by atoms with E-state index in [9.17, 15) is 14.0 Å². The first-order valence-electron chi connectivity index (χ1n) is 10.3. The van der Waals surface area contributed by atoms with Crippen LogP contribution in [0.2, 0.25) is 5.02 Å². The molecule has 3 heterocycles. The van der Waals surface area contributed by atoms with E-state index in [0.29, 0.717) is 36.6 Å². The monoisotopic (exact) mass is 419 g/mol. The summed E-state index contributed by atoms with van der Waals surface area (Å²) in [4.78, 5) is 28.4. The Kier molecular flexibility index (Phi) is 4.87. The SMILES string of the molecule is O=C1C2=C(OC3CCC(F)CC13)C(=O)N(CC1CCCO1)C2c1cccc(Cl)c1. The third-order valence-electron chi connectivity index (χ3n) is 6.47. The summed E-state index contributed by atoms with van der Waals surface area (Å²) in [6.07, 6.45) is 1.32. The number of nitrogens with zero attached hydrogens (tertiary/aromatic N) is 1. The Balaban J connectivity index is 1.55. The van der Waals surface area contributed by atoms with Crippen LogP contribution in [0, 0.1) is 5.92 Å². The lowest BCUT2D eigenvalue weighted by atomic mass is 9.77. The van der Waals surface area contributed by atoms with Gasteiger partial charge in [-0.05, 0) is 49.8 Å². The molecule has 5 atom stereocenters. The molecule has 5 rings (SSSR count). The van der Waals surface area contributed by atoms with Gasteiger partial charge < -0.3 is 14.4 Å². The van der Waals surface area contributed by atoms with Crippen LogP contribution < -0.4 is 0 Å². The van der Waals surface area contributed by atoms with Crippen LogP contribution >= 0.6 is 11.6 Å². The number of alkyl halides is 1. The van der Waals surface area contributed by atoms with Crippen LogP contribution in [0.1, 0.15) is 43.7 Å². The second kappa shape index (κ2) is 7.40. The quantitative estimate of drug-likeness (QED) is 0.748. The zero-order valence-electron chi connectivity index (χ0n) is 16.0. The number of hydrogen-bond donors (Lipinski definition) is 0. The van der Waals surface area contributed by atoms with E-state index in [4.69, 9.17) is 21.1 Å². The van der Waals surface area contributed by atoms with Crippen LogP contribution in [0.4, 0.5) is 4.39 Å². The average Bonchev–Trinajstić information content (AvgIpc) is 3.31. The molecule has 1 aromatic rings. The first-order chi connectivity index (χ1) is 14.0. The summed E-state index contributed by atoms with van der Waals surface area (Å²) in [6.45, 7) is 1.07. The normalized spacial score (nSPS) is 34.3. The van der Waals surface area contributed by atoms with Gasteiger partial charge in [-0.1, -0.05) is 23.7 Å². The molecule has 5 nitrogen and oxygen atoms in total. The van der Waals surface area contributed by atoms with Gasteiger partial charge in [0.2, 0.25) is 0 Å². The minimum Gasteiger partial charge on any atom is -0.483 e. The first-order valence-corrected chi connectivity index (χ1v) is 10.7. The zero-order valence-corrected chi connectivity index (χ0v) is 16.7. The van der Waals surface area contributed by atoms with Crippen molar-refractivity contribution in [3.63, 3.8) is 0 Å². The van der Waals surface area contributed by atoms with E-state index >= 15 is 0 Å². The highest BCUT2D eigenvalue weighted by molar-refractivity contribution is 6.30. The molecule has 4 aliphatic rings. The van der Waals surface area contributed by atoms with Crippen molar-refractivity contribution in [3.8, 4) is 0 Å². The van der Waals surface area contributed by atoms with E-state index in [2.05, 4.69) is 0 Å². The molecule has 3 aliphatic heterocycles. The second-order valence-corrected chi connectivity index (χ2v) is 8.77. The van der Waals surface area contributed by atoms with Gasteiger partial charge in [0.1, 0.15) is 12.3 Å². The van der Waals surface area contributed by atoms with Crippen LogP contribution in [-0.2, 0) is 19.1 Å². The molecule has 29 heavy (non-hydrogen) atoms. The maximum absolute atomic E-state index is 14.0. The Morgan fingerprint density at radius 2 is 2.07 bits per heavy atom. The van der Waals surface area contributed by atoms with Crippen LogP contribution in [0.15, 0.2) is 35.6 Å². The third kappa shape index (κ3) is 3.26. The Hall–Kier alpha value is -1.92. The van der Waals surface area contributed by atoms with Gasteiger partial charge in [0.05, 0.1) is 23.6 Å². The number of hydrogen-bond acceptors (Lipinski definition) is 4. The fourth-order valence-electron chi connectivity index (χ4n) is 5.08. The van der Waals surface area contributed by atoms with Gasteiger partial charge in [-0.3, -0.25) is 9.59 Å². The summed E-state index contributed by atoms with van der Waals surface area (Å²) in [5.41, 5.74) is 1.11. The van der Waals surface area contributed by atoms with Gasteiger partial charge in [0.25, 0.3) is 5.91 Å². The standard InChI is InChI=1S/C22H23ClFNO4/c23-13-4-1-3-12(9-13)19-18-20(26)16-10-14(24)6-7-17(16)29-21(18)22(27)25(19)11-15-5-2-8-28-15/h1,3-4,9,14-17,19H,2,5-8,10-11H2. The summed E-state index contributed by atoms with van der Waals surface area (Å²) in [5.74, 6) is -0.840. The van der Waals surface area contributed by atoms with Crippen molar-refractivity contribution < 1.29 is 23.5 Å². The predicted molar refractivity (Wildman–Crippen MR) is 104 cm³/mol. The van der Waals surface area contributed by atoms with E-state index in [1.165, 1.54) is 0 Å². The predicted octanol–water partition coefficient (Wildman–Crippen LogP) is 3.76. The highest BCUT2D eigenvalue weighted by atomic mass is 35.5. The number of benzene rings is 1. The maximum atomic E-state index is 14.0. The average molecular weight is 420 g/mol. The largest absolute Gasteiger partial charge is 0.483 e. The van der Waals surface area contributed by atoms with Crippen molar-refractivity contribution in [1.29, 1.82) is 0 Å². The summed E-state index contributed by atoms with van der Waals surface area (Å²) >= 11 is 6.21. The van der Waals surface area contributed by atoms with Gasteiger partial charge in [-0.25, -0.2) is 4.39 Å². The second-order valence-electron chi connectivity index (χ2n) is 8.33. The van der Waals surface area contributed by atoms with Crippen LogP contribution in [0.5, 0.6) is 0 Å². The van der Waals surface area contributed by atoms with Crippen molar-refractivity contribution in [2.75, 3.05) is 13.2 Å². The molecule has 154 valence electrons. The van der Waals surface area contributed by atoms with Crippen LogP contribution in [0.3, 0.4) is 0 Å². The number of amides is 1. The number of fused-ring (bicyclic) bond motifs is 1. The topological polar surface area (TPSA) is 55.8 Å². The number of ketones is 1. The number of ether oxygens (including phenoxy) is 2. The number of rotatable bonds is 3. The molecule has 0 spiro atoms. The minimum absolute atomic E-state index is 0.0606. The fourth-order valence-corrected chi connectivity index (χ4v) is 5.28. The van der Waals surface area contributed by atoms with Crippen molar-refractivity contribution in [2.45, 2.75) is 56.5 Å². The molecule has 0 aromatic heterocycles. The maximum Gasteiger partial charge on any atom is 0.290 e. The smallest absolute Gasteiger partial charge is 0.290 e. The molecular weight excluding hydrogens is 397 g/mol. The summed E-state index contributed by atoms with van der Waals surface area (Å²) in [7, 11) is 0. The Morgan fingerprint density at radius 3 is 2.83 bits per heavy atom. The summed E-state index contributed by atoms with van der Waals surface area (Å²) in [5, 5.41) is 0.532. The van der Waals surface area contributed by atoms with Gasteiger partial charge >= 0.3 is 0 Å². The van der Waals surface area contributed by atoms with Gasteiger partial charge in [-0.15, -0.1) is 0 Å². The highest BCUT2D eigenvalue weighted by Crippen LogP contribution is 2.47. The molecule has 0 N–H and O–H groups in total.